The number of nitrogens with zero attached hydrogens (tertiary/aromatic N) is 2. The molecule has 0 unspecified atom stereocenters. The maximum atomic E-state index is 3.88. The van der Waals surface area contributed by atoms with Gasteiger partial charge in [0.15, 0.2) is 7.85 Å². The summed E-state index contributed by atoms with van der Waals surface area (Å²) in [5.74, 6) is 0. The van der Waals surface area contributed by atoms with Crippen molar-refractivity contribution in [3.63, 3.8) is 0 Å². The molecule has 1 aromatic heterocycles. The van der Waals surface area contributed by atoms with Gasteiger partial charge in [0, 0.05) is 13.2 Å². The van der Waals surface area contributed by atoms with Crippen LogP contribution in [0, 0.1) is 0 Å². The Kier molecular flexibility index (Phi) is 0.892. The molecule has 0 aliphatic carbocycles. The van der Waals surface area contributed by atoms with Crippen molar-refractivity contribution in [1.29, 1.82) is 0 Å². The van der Waals surface area contributed by atoms with Crippen molar-refractivity contribution in [3.05, 3.63) is 12.5 Å². The number of rotatable bonds is 0. The third-order valence-corrected chi connectivity index (χ3v) is 1.06. The normalized spacial score (nSPS) is 9.29. The molecule has 1 rings (SSSR count). The molecule has 0 aliphatic heterocycles. The topological polar surface area (TPSA) is 17.8 Å². The van der Waals surface area contributed by atoms with Gasteiger partial charge in [0.2, 0.25) is 0 Å². The molecule has 1 aromatic rings. The summed E-state index contributed by atoms with van der Waals surface area (Å²) in [6.07, 6.45) is 3.62. The largest absolute Gasteiger partial charge is 0.347 e. The van der Waals surface area contributed by atoms with E-state index >= 15 is 0 Å². The lowest BCUT2D eigenvalue weighted by Crippen LogP contribution is -2.10. The SMILES string of the molecule is Bc1cncn1C. The number of hydrogen-bond donors (Lipinski definition) is 0. The molecule has 0 saturated heterocycles. The van der Waals surface area contributed by atoms with Crippen LogP contribution in [0.25, 0.3) is 0 Å². The number of aromatic nitrogens is 2. The van der Waals surface area contributed by atoms with Crippen LogP contribution >= 0.6 is 0 Å². The van der Waals surface area contributed by atoms with E-state index in [0.29, 0.717) is 0 Å². The van der Waals surface area contributed by atoms with Gasteiger partial charge in [-0.15, -0.1) is 0 Å². The lowest BCUT2D eigenvalue weighted by molar-refractivity contribution is 0.940. The van der Waals surface area contributed by atoms with Crippen LogP contribution in [0.2, 0.25) is 0 Å². The Hall–Kier alpha value is -0.725. The van der Waals surface area contributed by atoms with Gasteiger partial charge in [-0.1, -0.05) is 0 Å². The highest BCUT2D eigenvalue weighted by molar-refractivity contribution is 6.30. The average molecular weight is 93.9 g/mol. The Morgan fingerprint density at radius 1 is 1.86 bits per heavy atom. The van der Waals surface area contributed by atoms with Crippen molar-refractivity contribution in [3.8, 4) is 0 Å². The van der Waals surface area contributed by atoms with E-state index < -0.39 is 0 Å². The maximum Gasteiger partial charge on any atom is 0.163 e. The molecule has 1 heterocycles. The predicted octanol–water partition coefficient (Wildman–Crippen LogP) is -1.32. The number of imidazole rings is 1. The van der Waals surface area contributed by atoms with E-state index in [0.717, 1.165) is 0 Å². The molecule has 0 aliphatic rings. The molecular formula is C4H7BN2. The lowest BCUT2D eigenvalue weighted by Gasteiger charge is -1.87. The highest BCUT2D eigenvalue weighted by atomic mass is 15.0. The first kappa shape index (κ1) is 4.43. The van der Waals surface area contributed by atoms with Gasteiger partial charge in [-0.05, 0) is 5.59 Å². The predicted molar refractivity (Wildman–Crippen MR) is 31.4 cm³/mol. The minimum absolute atomic E-state index is 1.19. The van der Waals surface area contributed by atoms with Gasteiger partial charge in [0.1, 0.15) is 0 Å². The molecule has 0 N–H and O–H groups in total. The Bertz CT molecular complexity index is 142. The molecule has 0 bridgehead atoms. The highest BCUT2D eigenvalue weighted by Crippen LogP contribution is 1.69. The number of aryl methyl sites for hydroxylation is 1. The Morgan fingerprint density at radius 3 is 2.71 bits per heavy atom. The minimum atomic E-state index is 1.19. The summed E-state index contributed by atoms with van der Waals surface area (Å²) in [7, 11) is 4.00. The van der Waals surface area contributed by atoms with Gasteiger partial charge in [-0.2, -0.15) is 0 Å². The van der Waals surface area contributed by atoms with Crippen LogP contribution in [0.15, 0.2) is 12.5 Å². The van der Waals surface area contributed by atoms with Crippen molar-refractivity contribution in [2.45, 2.75) is 0 Å². The van der Waals surface area contributed by atoms with Gasteiger partial charge in [-0.25, -0.2) is 4.98 Å². The fourth-order valence-corrected chi connectivity index (χ4v) is 0.423. The molecular weight excluding hydrogens is 86.9 g/mol. The Labute approximate surface area is 43.6 Å². The molecule has 0 radical (unpaired) electrons. The van der Waals surface area contributed by atoms with Gasteiger partial charge in [0.25, 0.3) is 0 Å². The van der Waals surface area contributed by atoms with Crippen LogP contribution in [-0.4, -0.2) is 17.4 Å². The summed E-state index contributed by atoms with van der Waals surface area (Å²) >= 11 is 0. The van der Waals surface area contributed by atoms with Gasteiger partial charge >= 0.3 is 0 Å². The molecule has 0 amide bonds. The Morgan fingerprint density at radius 2 is 2.57 bits per heavy atom. The van der Waals surface area contributed by atoms with Gasteiger partial charge in [-0.3, -0.25) is 0 Å². The van der Waals surface area contributed by atoms with E-state index in [4.69, 9.17) is 0 Å². The van der Waals surface area contributed by atoms with Crippen LogP contribution in [0.4, 0.5) is 0 Å². The smallest absolute Gasteiger partial charge is 0.163 e. The Balaban J connectivity index is 3.12. The van der Waals surface area contributed by atoms with Crippen molar-refractivity contribution in [1.82, 2.24) is 9.55 Å². The van der Waals surface area contributed by atoms with Crippen molar-refractivity contribution in [2.24, 2.45) is 7.05 Å². The first-order valence-corrected chi connectivity index (χ1v) is 2.23. The molecule has 0 aromatic carbocycles. The van der Waals surface area contributed by atoms with Gasteiger partial charge in [0.05, 0.1) is 6.33 Å². The van der Waals surface area contributed by atoms with E-state index in [2.05, 4.69) is 4.98 Å². The minimum Gasteiger partial charge on any atom is -0.347 e. The standard InChI is InChI=1S/C4H7BN2/c1-7-3-6-2-4(7)5/h2-3H,5H2,1H3. The number of hydrogen-bond acceptors (Lipinski definition) is 1. The second-order valence-electron chi connectivity index (χ2n) is 1.65. The third kappa shape index (κ3) is 0.658. The molecule has 3 heteroatoms. The van der Waals surface area contributed by atoms with E-state index in [1.807, 2.05) is 25.7 Å². The fourth-order valence-electron chi connectivity index (χ4n) is 0.423. The van der Waals surface area contributed by atoms with Crippen molar-refractivity contribution in [2.75, 3.05) is 0 Å². The van der Waals surface area contributed by atoms with Crippen LogP contribution in [0.5, 0.6) is 0 Å². The van der Waals surface area contributed by atoms with E-state index in [1.165, 1.54) is 5.59 Å². The zero-order chi connectivity index (χ0) is 5.28. The zero-order valence-electron chi connectivity index (χ0n) is 4.55. The molecule has 0 spiro atoms. The summed E-state index contributed by atoms with van der Waals surface area (Å²) in [6, 6.07) is 0. The molecule has 2 nitrogen and oxygen atoms in total. The molecule has 0 atom stereocenters. The van der Waals surface area contributed by atoms with Crippen LogP contribution in [-0.2, 0) is 7.05 Å². The van der Waals surface area contributed by atoms with Crippen LogP contribution in [0.3, 0.4) is 0 Å². The summed E-state index contributed by atoms with van der Waals surface area (Å²) < 4.78 is 1.97. The van der Waals surface area contributed by atoms with Gasteiger partial charge < -0.3 is 4.57 Å². The quantitative estimate of drug-likeness (QED) is 0.364. The summed E-state index contributed by atoms with van der Waals surface area (Å²) in [6.45, 7) is 0. The lowest BCUT2D eigenvalue weighted by atomic mass is 10.1. The first-order chi connectivity index (χ1) is 3.30. The fraction of sp³-hybridized carbons (Fsp3) is 0.250. The molecule has 7 heavy (non-hydrogen) atoms. The maximum absolute atomic E-state index is 3.88. The monoisotopic (exact) mass is 94.1 g/mol. The highest BCUT2D eigenvalue weighted by Gasteiger charge is 1.83. The summed E-state index contributed by atoms with van der Waals surface area (Å²) in [4.78, 5) is 3.88. The summed E-state index contributed by atoms with van der Waals surface area (Å²) in [5.41, 5.74) is 1.19. The second-order valence-corrected chi connectivity index (χ2v) is 1.65. The second kappa shape index (κ2) is 1.41. The van der Waals surface area contributed by atoms with E-state index in [9.17, 15) is 0 Å². The molecule has 0 saturated carbocycles. The summed E-state index contributed by atoms with van der Waals surface area (Å²) in [5, 5.41) is 0. The zero-order valence-corrected chi connectivity index (χ0v) is 4.55. The third-order valence-electron chi connectivity index (χ3n) is 1.06. The van der Waals surface area contributed by atoms with Crippen molar-refractivity contribution >= 4 is 13.4 Å². The van der Waals surface area contributed by atoms with Crippen LogP contribution in [0.1, 0.15) is 0 Å². The average Bonchev–Trinajstić information content (AvgIpc) is 1.91. The van der Waals surface area contributed by atoms with Crippen LogP contribution < -0.4 is 5.59 Å². The molecule has 36 valence electrons. The van der Waals surface area contributed by atoms with E-state index in [-0.39, 0.29) is 0 Å². The molecule has 0 fully saturated rings. The van der Waals surface area contributed by atoms with Crippen molar-refractivity contribution < 1.29 is 0 Å². The first-order valence-electron chi connectivity index (χ1n) is 2.23. The van der Waals surface area contributed by atoms with E-state index in [1.54, 1.807) is 6.33 Å².